The molecule has 0 radical (unpaired) electrons. The molecule has 1 saturated heterocycles. The van der Waals surface area contributed by atoms with Gasteiger partial charge in [0.15, 0.2) is 0 Å². The minimum Gasteiger partial charge on any atom is -0.349 e. The molecular formula is C23H28Cl2N2O3S. The van der Waals surface area contributed by atoms with Gasteiger partial charge in [0.05, 0.1) is 27.8 Å². The largest absolute Gasteiger partial charge is 0.349 e. The lowest BCUT2D eigenvalue weighted by Crippen LogP contribution is -2.46. The fourth-order valence-electron chi connectivity index (χ4n) is 4.06. The SMILES string of the molecule is Cc1ccc(C(C)NC(=O)C2CCCN(S(=O)(=O)Cc3ccc(Cl)c(Cl)c3)C2)c(C)c1. The maximum absolute atomic E-state index is 13.0. The van der Waals surface area contributed by atoms with Crippen molar-refractivity contribution >= 4 is 39.1 Å². The van der Waals surface area contributed by atoms with Gasteiger partial charge in [0.2, 0.25) is 15.9 Å². The lowest BCUT2D eigenvalue weighted by atomic mass is 9.96. The van der Waals surface area contributed by atoms with Gasteiger partial charge >= 0.3 is 0 Å². The zero-order valence-corrected chi connectivity index (χ0v) is 20.3. The number of piperidine rings is 1. The Bertz CT molecular complexity index is 1070. The van der Waals surface area contributed by atoms with Gasteiger partial charge < -0.3 is 5.32 Å². The molecule has 0 aliphatic carbocycles. The number of hydrogen-bond donors (Lipinski definition) is 1. The number of sulfonamides is 1. The number of benzene rings is 2. The van der Waals surface area contributed by atoms with Gasteiger partial charge in [-0.2, -0.15) is 0 Å². The highest BCUT2D eigenvalue weighted by Crippen LogP contribution is 2.27. The summed E-state index contributed by atoms with van der Waals surface area (Å²) >= 11 is 11.9. The quantitative estimate of drug-likeness (QED) is 0.627. The number of carbonyl (C=O) groups is 1. The minimum atomic E-state index is -3.57. The topological polar surface area (TPSA) is 66.5 Å². The van der Waals surface area contributed by atoms with E-state index in [-0.39, 0.29) is 30.2 Å². The average Bonchev–Trinajstić information content (AvgIpc) is 2.70. The Labute approximate surface area is 194 Å². The van der Waals surface area contributed by atoms with Crippen LogP contribution in [0, 0.1) is 19.8 Å². The maximum atomic E-state index is 13.0. The second-order valence-corrected chi connectivity index (χ2v) is 11.1. The molecule has 2 unspecified atom stereocenters. The van der Waals surface area contributed by atoms with Crippen molar-refractivity contribution < 1.29 is 13.2 Å². The van der Waals surface area contributed by atoms with Gasteiger partial charge in [0.1, 0.15) is 0 Å². The van der Waals surface area contributed by atoms with Gasteiger partial charge in [0.25, 0.3) is 0 Å². The fraction of sp³-hybridized carbons (Fsp3) is 0.435. The number of nitrogens with zero attached hydrogens (tertiary/aromatic N) is 1. The molecule has 1 heterocycles. The highest BCUT2D eigenvalue weighted by Gasteiger charge is 2.33. The summed E-state index contributed by atoms with van der Waals surface area (Å²) in [6.45, 7) is 6.63. The number of halogens is 2. The predicted octanol–water partition coefficient (Wildman–Crippen LogP) is 5.03. The van der Waals surface area contributed by atoms with Gasteiger partial charge in [-0.15, -0.1) is 0 Å². The Morgan fingerprint density at radius 1 is 1.16 bits per heavy atom. The van der Waals surface area contributed by atoms with Crippen LogP contribution >= 0.6 is 23.2 Å². The Hall–Kier alpha value is -1.60. The monoisotopic (exact) mass is 482 g/mol. The van der Waals surface area contributed by atoms with Crippen molar-refractivity contribution in [3.8, 4) is 0 Å². The zero-order valence-electron chi connectivity index (χ0n) is 18.0. The van der Waals surface area contributed by atoms with Gasteiger partial charge in [-0.1, -0.05) is 53.0 Å². The summed E-state index contributed by atoms with van der Waals surface area (Å²) in [7, 11) is -3.57. The molecule has 0 bridgehead atoms. The molecule has 0 saturated carbocycles. The number of nitrogens with one attached hydrogen (secondary N) is 1. The fourth-order valence-corrected chi connectivity index (χ4v) is 5.98. The average molecular weight is 483 g/mol. The zero-order chi connectivity index (χ0) is 22.8. The number of rotatable bonds is 6. The van der Waals surface area contributed by atoms with Crippen LogP contribution in [0.15, 0.2) is 36.4 Å². The Morgan fingerprint density at radius 2 is 1.90 bits per heavy atom. The molecule has 8 heteroatoms. The summed E-state index contributed by atoms with van der Waals surface area (Å²) in [6.07, 6.45) is 1.32. The van der Waals surface area contributed by atoms with Crippen molar-refractivity contribution in [2.75, 3.05) is 13.1 Å². The molecule has 1 N–H and O–H groups in total. The van der Waals surface area contributed by atoms with Crippen molar-refractivity contribution in [1.29, 1.82) is 0 Å². The molecule has 2 atom stereocenters. The van der Waals surface area contributed by atoms with Crippen LogP contribution in [0.2, 0.25) is 10.0 Å². The van der Waals surface area contributed by atoms with Gasteiger partial charge in [-0.3, -0.25) is 4.79 Å². The first-order valence-corrected chi connectivity index (χ1v) is 12.7. The van der Waals surface area contributed by atoms with Crippen LogP contribution < -0.4 is 5.32 Å². The molecule has 2 aromatic carbocycles. The first-order valence-electron chi connectivity index (χ1n) is 10.4. The Kier molecular flexibility index (Phi) is 7.68. The third-order valence-electron chi connectivity index (χ3n) is 5.73. The van der Waals surface area contributed by atoms with E-state index in [1.807, 2.05) is 32.9 Å². The van der Waals surface area contributed by atoms with E-state index < -0.39 is 10.0 Å². The van der Waals surface area contributed by atoms with Crippen molar-refractivity contribution in [2.45, 2.75) is 45.4 Å². The first-order chi connectivity index (χ1) is 14.6. The molecule has 1 aliphatic rings. The van der Waals surface area contributed by atoms with Crippen LogP contribution in [0.25, 0.3) is 0 Å². The Balaban J connectivity index is 1.66. The highest BCUT2D eigenvalue weighted by atomic mass is 35.5. The third kappa shape index (κ3) is 6.01. The van der Waals surface area contributed by atoms with Crippen molar-refractivity contribution in [3.63, 3.8) is 0 Å². The second kappa shape index (κ2) is 9.90. The normalized spacial score (nSPS) is 18.5. The van der Waals surface area contributed by atoms with Crippen molar-refractivity contribution in [2.24, 2.45) is 5.92 Å². The summed E-state index contributed by atoms with van der Waals surface area (Å²) in [4.78, 5) is 12.9. The third-order valence-corrected chi connectivity index (χ3v) is 8.29. The molecule has 1 amide bonds. The van der Waals surface area contributed by atoms with E-state index in [0.29, 0.717) is 35.0 Å². The molecule has 3 rings (SSSR count). The molecule has 1 aliphatic heterocycles. The smallest absolute Gasteiger partial charge is 0.224 e. The molecule has 0 aromatic heterocycles. The standard InChI is InChI=1S/C23H28Cl2N2O3S/c1-15-6-8-20(16(2)11-15)17(3)26-23(28)19-5-4-10-27(13-19)31(29,30)14-18-7-9-21(24)22(25)12-18/h6-9,11-12,17,19H,4-5,10,13-14H2,1-3H3,(H,26,28). The van der Waals surface area contributed by atoms with E-state index in [9.17, 15) is 13.2 Å². The minimum absolute atomic E-state index is 0.109. The molecule has 1 fully saturated rings. The molecule has 2 aromatic rings. The maximum Gasteiger partial charge on any atom is 0.224 e. The lowest BCUT2D eigenvalue weighted by molar-refractivity contribution is -0.126. The molecule has 168 valence electrons. The van der Waals surface area contributed by atoms with E-state index in [1.165, 1.54) is 9.87 Å². The van der Waals surface area contributed by atoms with Crippen molar-refractivity contribution in [3.05, 3.63) is 68.7 Å². The van der Waals surface area contributed by atoms with E-state index in [4.69, 9.17) is 23.2 Å². The lowest BCUT2D eigenvalue weighted by Gasteiger charge is -2.32. The summed E-state index contributed by atoms with van der Waals surface area (Å²) in [5.74, 6) is -0.649. The summed E-state index contributed by atoms with van der Waals surface area (Å²) in [5.41, 5.74) is 3.94. The van der Waals surface area contributed by atoms with E-state index >= 15 is 0 Å². The van der Waals surface area contributed by atoms with Gasteiger partial charge in [-0.25, -0.2) is 12.7 Å². The molecule has 31 heavy (non-hydrogen) atoms. The van der Waals surface area contributed by atoms with Crippen LogP contribution in [0.3, 0.4) is 0 Å². The molecule has 0 spiro atoms. The van der Waals surface area contributed by atoms with Gasteiger partial charge in [-0.05, 0) is 62.4 Å². The van der Waals surface area contributed by atoms with Crippen LogP contribution in [0.1, 0.15) is 48.1 Å². The number of carbonyl (C=O) groups excluding carboxylic acids is 1. The van der Waals surface area contributed by atoms with E-state index in [2.05, 4.69) is 11.4 Å². The van der Waals surface area contributed by atoms with Crippen LogP contribution in [0.4, 0.5) is 0 Å². The summed E-state index contributed by atoms with van der Waals surface area (Å²) in [6, 6.07) is 10.8. The molecule has 5 nitrogen and oxygen atoms in total. The van der Waals surface area contributed by atoms with Crippen LogP contribution in [-0.4, -0.2) is 31.7 Å². The summed E-state index contributed by atoms with van der Waals surface area (Å²) in [5, 5.41) is 3.78. The second-order valence-electron chi connectivity index (χ2n) is 8.29. The predicted molar refractivity (Wildman–Crippen MR) is 126 cm³/mol. The molecular weight excluding hydrogens is 455 g/mol. The van der Waals surface area contributed by atoms with Crippen LogP contribution in [0.5, 0.6) is 0 Å². The number of hydrogen-bond acceptors (Lipinski definition) is 3. The first kappa shape index (κ1) is 24.1. The van der Waals surface area contributed by atoms with E-state index in [1.54, 1.807) is 18.2 Å². The highest BCUT2D eigenvalue weighted by molar-refractivity contribution is 7.88. The number of aryl methyl sites for hydroxylation is 2. The number of amides is 1. The van der Waals surface area contributed by atoms with Crippen LogP contribution in [-0.2, 0) is 20.6 Å². The summed E-state index contributed by atoms with van der Waals surface area (Å²) < 4.78 is 27.3. The van der Waals surface area contributed by atoms with E-state index in [0.717, 1.165) is 11.1 Å². The van der Waals surface area contributed by atoms with Crippen molar-refractivity contribution in [1.82, 2.24) is 9.62 Å². The van der Waals surface area contributed by atoms with Gasteiger partial charge in [0, 0.05) is 13.1 Å². The Morgan fingerprint density at radius 3 is 2.58 bits per heavy atom.